The number of amides is 2. The minimum Gasteiger partial charge on any atom is -0.347 e. The van der Waals surface area contributed by atoms with Crippen LogP contribution in [0.1, 0.15) is 21.5 Å². The molecule has 2 N–H and O–H groups in total. The van der Waals surface area contributed by atoms with E-state index in [0.29, 0.717) is 23.4 Å². The molecule has 38 heavy (non-hydrogen) atoms. The number of carbonyl (C=O) groups is 2. The predicted octanol–water partition coefficient (Wildman–Crippen LogP) is 5.63. The highest BCUT2D eigenvalue weighted by Crippen LogP contribution is 2.25. The van der Waals surface area contributed by atoms with E-state index in [1.54, 1.807) is 35.0 Å². The number of nitrogens with one attached hydrogen (secondary N) is 2. The Morgan fingerprint density at radius 1 is 0.737 bits per heavy atom. The van der Waals surface area contributed by atoms with Crippen molar-refractivity contribution in [2.45, 2.75) is 6.54 Å². The first kappa shape index (κ1) is 24.5. The first-order valence-corrected chi connectivity index (χ1v) is 12.3. The van der Waals surface area contributed by atoms with Crippen molar-refractivity contribution in [2.75, 3.05) is 0 Å². The standard InChI is InChI=1S/C32H26N4O2/c37-31(26-17-9-3-10-18-26)34-29(32(38)33-22-24-13-5-1-6-14-24)21-27-23-36(28-19-11-4-12-20-28)35-30(27)25-15-7-2-8-16-25/h1-21,23H,22H2,(H,33,38)(H,34,37). The summed E-state index contributed by atoms with van der Waals surface area (Å²) in [6.07, 6.45) is 3.53. The molecule has 0 saturated carbocycles. The lowest BCUT2D eigenvalue weighted by atomic mass is 10.1. The number of carbonyl (C=O) groups excluding carboxylic acids is 2. The predicted molar refractivity (Wildman–Crippen MR) is 149 cm³/mol. The van der Waals surface area contributed by atoms with Crippen molar-refractivity contribution in [1.82, 2.24) is 20.4 Å². The van der Waals surface area contributed by atoms with Gasteiger partial charge >= 0.3 is 0 Å². The number of para-hydroxylation sites is 1. The molecule has 5 aromatic rings. The maximum absolute atomic E-state index is 13.4. The van der Waals surface area contributed by atoms with Crippen LogP contribution in [-0.4, -0.2) is 21.6 Å². The summed E-state index contributed by atoms with van der Waals surface area (Å²) in [6.45, 7) is 0.326. The monoisotopic (exact) mass is 498 g/mol. The summed E-state index contributed by atoms with van der Waals surface area (Å²) in [7, 11) is 0. The highest BCUT2D eigenvalue weighted by Gasteiger charge is 2.18. The molecule has 1 heterocycles. The van der Waals surface area contributed by atoms with Crippen LogP contribution in [0, 0.1) is 0 Å². The molecular formula is C32H26N4O2. The Morgan fingerprint density at radius 2 is 1.32 bits per heavy atom. The van der Waals surface area contributed by atoms with Crippen LogP contribution in [0.5, 0.6) is 0 Å². The minimum absolute atomic E-state index is 0.125. The summed E-state index contributed by atoms with van der Waals surface area (Å²) >= 11 is 0. The van der Waals surface area contributed by atoms with E-state index in [4.69, 9.17) is 5.10 Å². The molecule has 0 aliphatic carbocycles. The topological polar surface area (TPSA) is 76.0 Å². The molecule has 0 aliphatic heterocycles. The summed E-state index contributed by atoms with van der Waals surface area (Å²) < 4.78 is 1.77. The largest absolute Gasteiger partial charge is 0.347 e. The van der Waals surface area contributed by atoms with Gasteiger partial charge in [-0.2, -0.15) is 5.10 Å². The van der Waals surface area contributed by atoms with Crippen LogP contribution in [0.25, 0.3) is 23.0 Å². The molecule has 6 heteroatoms. The van der Waals surface area contributed by atoms with Gasteiger partial charge in [0, 0.05) is 29.4 Å². The Morgan fingerprint density at radius 3 is 1.97 bits per heavy atom. The molecule has 0 fully saturated rings. The van der Waals surface area contributed by atoms with Gasteiger partial charge in [0.1, 0.15) is 11.4 Å². The van der Waals surface area contributed by atoms with Gasteiger partial charge in [-0.3, -0.25) is 9.59 Å². The second kappa shape index (κ2) is 11.7. The summed E-state index contributed by atoms with van der Waals surface area (Å²) in [5.41, 5.74) is 4.70. The molecule has 0 unspecified atom stereocenters. The molecule has 0 atom stereocenters. The van der Waals surface area contributed by atoms with Gasteiger partial charge in [0.15, 0.2) is 0 Å². The summed E-state index contributed by atoms with van der Waals surface area (Å²) in [5.74, 6) is -0.770. The molecule has 0 radical (unpaired) electrons. The molecule has 0 spiro atoms. The Labute approximate surface area is 221 Å². The van der Waals surface area contributed by atoms with Crippen LogP contribution in [0.2, 0.25) is 0 Å². The second-order valence-corrected chi connectivity index (χ2v) is 8.63. The van der Waals surface area contributed by atoms with Crippen LogP contribution in [0.15, 0.2) is 133 Å². The molecule has 5 rings (SSSR count). The van der Waals surface area contributed by atoms with E-state index in [9.17, 15) is 9.59 Å². The van der Waals surface area contributed by atoms with Crippen molar-refractivity contribution in [3.05, 3.63) is 150 Å². The SMILES string of the molecule is O=C(NCc1ccccc1)C(=Cc1cn(-c2ccccc2)nc1-c1ccccc1)NC(=O)c1ccccc1. The van der Waals surface area contributed by atoms with Gasteiger partial charge in [0.25, 0.3) is 11.8 Å². The van der Waals surface area contributed by atoms with Crippen LogP contribution in [0.4, 0.5) is 0 Å². The number of hydrogen-bond acceptors (Lipinski definition) is 3. The number of nitrogens with zero attached hydrogens (tertiary/aromatic N) is 2. The third kappa shape index (κ3) is 5.94. The van der Waals surface area contributed by atoms with E-state index >= 15 is 0 Å². The molecule has 0 saturated heterocycles. The number of benzene rings is 4. The van der Waals surface area contributed by atoms with E-state index in [1.807, 2.05) is 103 Å². The molecule has 186 valence electrons. The molecule has 4 aromatic carbocycles. The van der Waals surface area contributed by atoms with Crippen LogP contribution >= 0.6 is 0 Å². The van der Waals surface area contributed by atoms with Crippen molar-refractivity contribution in [3.63, 3.8) is 0 Å². The summed E-state index contributed by atoms with van der Waals surface area (Å²) in [4.78, 5) is 26.4. The average molecular weight is 499 g/mol. The molecule has 0 bridgehead atoms. The van der Waals surface area contributed by atoms with Gasteiger partial charge in [0.05, 0.1) is 5.69 Å². The fourth-order valence-electron chi connectivity index (χ4n) is 4.00. The lowest BCUT2D eigenvalue weighted by Gasteiger charge is -2.11. The zero-order chi connectivity index (χ0) is 26.2. The fraction of sp³-hybridized carbons (Fsp3) is 0.0312. The van der Waals surface area contributed by atoms with E-state index in [2.05, 4.69) is 10.6 Å². The van der Waals surface area contributed by atoms with Gasteiger partial charge in [-0.05, 0) is 35.9 Å². The van der Waals surface area contributed by atoms with E-state index in [1.165, 1.54) is 0 Å². The molecule has 1 aromatic heterocycles. The van der Waals surface area contributed by atoms with E-state index in [0.717, 1.165) is 16.8 Å². The first-order chi connectivity index (χ1) is 18.7. The quantitative estimate of drug-likeness (QED) is 0.273. The third-order valence-corrected chi connectivity index (χ3v) is 5.94. The lowest BCUT2D eigenvalue weighted by Crippen LogP contribution is -2.34. The Hall–Kier alpha value is -5.23. The smallest absolute Gasteiger partial charge is 0.268 e. The highest BCUT2D eigenvalue weighted by molar-refractivity contribution is 6.05. The van der Waals surface area contributed by atoms with Crippen LogP contribution < -0.4 is 10.6 Å². The number of aromatic nitrogens is 2. The van der Waals surface area contributed by atoms with Crippen molar-refractivity contribution in [1.29, 1.82) is 0 Å². The van der Waals surface area contributed by atoms with Crippen LogP contribution in [0.3, 0.4) is 0 Å². The number of hydrogen-bond donors (Lipinski definition) is 2. The molecule has 0 aliphatic rings. The van der Waals surface area contributed by atoms with Gasteiger partial charge in [-0.15, -0.1) is 0 Å². The molecule has 2 amide bonds. The molecule has 6 nitrogen and oxygen atoms in total. The van der Waals surface area contributed by atoms with Crippen molar-refractivity contribution >= 4 is 17.9 Å². The summed E-state index contributed by atoms with van der Waals surface area (Å²) in [5, 5.41) is 10.6. The zero-order valence-electron chi connectivity index (χ0n) is 20.6. The van der Waals surface area contributed by atoms with Gasteiger partial charge < -0.3 is 10.6 Å². The lowest BCUT2D eigenvalue weighted by molar-refractivity contribution is -0.117. The number of rotatable bonds is 8. The first-order valence-electron chi connectivity index (χ1n) is 12.3. The maximum atomic E-state index is 13.4. The zero-order valence-corrected chi connectivity index (χ0v) is 20.6. The van der Waals surface area contributed by atoms with E-state index < -0.39 is 5.91 Å². The fourth-order valence-corrected chi connectivity index (χ4v) is 4.00. The van der Waals surface area contributed by atoms with Gasteiger partial charge in [-0.25, -0.2) is 4.68 Å². The Balaban J connectivity index is 1.54. The third-order valence-electron chi connectivity index (χ3n) is 5.94. The molecular weight excluding hydrogens is 472 g/mol. The van der Waals surface area contributed by atoms with Crippen LogP contribution in [-0.2, 0) is 11.3 Å². The van der Waals surface area contributed by atoms with Crippen molar-refractivity contribution < 1.29 is 9.59 Å². The van der Waals surface area contributed by atoms with Gasteiger partial charge in [-0.1, -0.05) is 97.1 Å². The van der Waals surface area contributed by atoms with Crippen molar-refractivity contribution in [2.24, 2.45) is 0 Å². The summed E-state index contributed by atoms with van der Waals surface area (Å²) in [6, 6.07) is 37.9. The maximum Gasteiger partial charge on any atom is 0.268 e. The average Bonchev–Trinajstić information content (AvgIpc) is 3.41. The van der Waals surface area contributed by atoms with E-state index in [-0.39, 0.29) is 11.6 Å². The Bertz CT molecular complexity index is 1540. The normalized spacial score (nSPS) is 11.1. The second-order valence-electron chi connectivity index (χ2n) is 8.63. The van der Waals surface area contributed by atoms with Crippen molar-refractivity contribution in [3.8, 4) is 16.9 Å². The minimum atomic E-state index is -0.399. The Kier molecular flexibility index (Phi) is 7.51. The van der Waals surface area contributed by atoms with Gasteiger partial charge in [0.2, 0.25) is 0 Å². The highest BCUT2D eigenvalue weighted by atomic mass is 16.2.